The standard InChI is InChI=1S/C16H14N2O8S2.Na.H/c19-6-9-7-27-15-12(14(21)18(15)13(9)16(22)23)17-11(20)5-8-3-1-2-4-10(8)28(24,25)26;;/h1-4,6,12,15H,5,7H2,(H,17,20)(H,22,23)(H,24,25,26);;/t12-,15-;;/m1../s1. The van der Waals surface area contributed by atoms with E-state index in [0.29, 0.717) is 6.29 Å². The SMILES string of the molecule is O=CC1=C(C(=O)O)N2C(=O)[C@@H](NC(=O)Cc3ccccc3S(=O)(=O)O)[C@H]2SC1.[NaH]. The maximum atomic E-state index is 12.3. The van der Waals surface area contributed by atoms with Crippen LogP contribution in [0.3, 0.4) is 0 Å². The van der Waals surface area contributed by atoms with Crippen molar-refractivity contribution < 1.29 is 37.3 Å². The van der Waals surface area contributed by atoms with Gasteiger partial charge in [-0.15, -0.1) is 11.8 Å². The van der Waals surface area contributed by atoms with Gasteiger partial charge in [-0.2, -0.15) is 8.42 Å². The third-order valence-electron chi connectivity index (χ3n) is 4.26. The monoisotopic (exact) mass is 450 g/mol. The summed E-state index contributed by atoms with van der Waals surface area (Å²) in [4.78, 5) is 47.6. The van der Waals surface area contributed by atoms with Crippen LogP contribution >= 0.6 is 11.8 Å². The Bertz CT molecular complexity index is 1020. The zero-order chi connectivity index (χ0) is 20.6. The van der Waals surface area contributed by atoms with E-state index in [1.54, 1.807) is 0 Å². The van der Waals surface area contributed by atoms with Gasteiger partial charge >= 0.3 is 35.5 Å². The number of benzene rings is 1. The summed E-state index contributed by atoms with van der Waals surface area (Å²) in [6, 6.07) is 4.39. The summed E-state index contributed by atoms with van der Waals surface area (Å²) in [5, 5.41) is 11.0. The molecule has 0 bridgehead atoms. The second-order valence-corrected chi connectivity index (χ2v) is 8.51. The van der Waals surface area contributed by atoms with Gasteiger partial charge in [0.1, 0.15) is 23.4 Å². The van der Waals surface area contributed by atoms with Gasteiger partial charge in [-0.05, 0) is 11.6 Å². The van der Waals surface area contributed by atoms with E-state index in [0.717, 1.165) is 22.7 Å². The van der Waals surface area contributed by atoms with Crippen molar-refractivity contribution >= 4 is 75.5 Å². The predicted octanol–water partition coefficient (Wildman–Crippen LogP) is -1.24. The molecule has 0 aliphatic carbocycles. The van der Waals surface area contributed by atoms with Crippen LogP contribution in [0.2, 0.25) is 0 Å². The van der Waals surface area contributed by atoms with Gasteiger partial charge in [0, 0.05) is 11.3 Å². The number of hydrogen-bond acceptors (Lipinski definition) is 7. The van der Waals surface area contributed by atoms with Crippen molar-refractivity contribution in [3.8, 4) is 0 Å². The molecule has 0 saturated carbocycles. The van der Waals surface area contributed by atoms with Gasteiger partial charge in [0.05, 0.1) is 11.3 Å². The summed E-state index contributed by atoms with van der Waals surface area (Å²) < 4.78 is 32.0. The number of carboxylic acids is 1. The van der Waals surface area contributed by atoms with E-state index >= 15 is 0 Å². The number of carboxylic acid groups (broad SMARTS) is 1. The Kier molecular flexibility index (Phi) is 7.30. The fourth-order valence-corrected chi connectivity index (χ4v) is 5.05. The average molecular weight is 450 g/mol. The van der Waals surface area contributed by atoms with Gasteiger partial charge < -0.3 is 10.4 Å². The zero-order valence-corrected chi connectivity index (χ0v) is 15.7. The van der Waals surface area contributed by atoms with Gasteiger partial charge in [0.15, 0.2) is 0 Å². The average Bonchev–Trinajstić information content (AvgIpc) is 2.64. The number of nitrogens with zero attached hydrogens (tertiary/aromatic N) is 1. The molecule has 1 fully saturated rings. The Morgan fingerprint density at radius 1 is 1.31 bits per heavy atom. The minimum atomic E-state index is -4.52. The zero-order valence-electron chi connectivity index (χ0n) is 14.1. The van der Waals surface area contributed by atoms with Gasteiger partial charge in [0.25, 0.3) is 16.0 Å². The molecule has 10 nitrogen and oxygen atoms in total. The molecular formula is C16H15N2NaO8S2. The van der Waals surface area contributed by atoms with Crippen molar-refractivity contribution in [3.05, 3.63) is 41.1 Å². The Balaban J connectivity index is 0.00000300. The number of nitrogens with one attached hydrogen (secondary N) is 1. The van der Waals surface area contributed by atoms with Crippen molar-refractivity contribution in [1.82, 2.24) is 10.2 Å². The number of fused-ring (bicyclic) bond motifs is 1. The predicted molar refractivity (Wildman–Crippen MR) is 103 cm³/mol. The van der Waals surface area contributed by atoms with Crippen LogP contribution in [-0.4, -0.2) is 93.8 Å². The molecule has 150 valence electrons. The molecule has 1 aromatic rings. The molecule has 13 heteroatoms. The van der Waals surface area contributed by atoms with E-state index in [1.165, 1.54) is 18.2 Å². The molecule has 1 saturated heterocycles. The number of amides is 2. The molecule has 2 heterocycles. The summed E-state index contributed by atoms with van der Waals surface area (Å²) >= 11 is 1.14. The van der Waals surface area contributed by atoms with Crippen LogP contribution in [0.1, 0.15) is 5.56 Å². The third-order valence-corrected chi connectivity index (χ3v) is 6.52. The number of rotatable bonds is 6. The quantitative estimate of drug-likeness (QED) is 0.209. The van der Waals surface area contributed by atoms with Crippen molar-refractivity contribution in [1.29, 1.82) is 0 Å². The molecule has 2 aliphatic rings. The van der Waals surface area contributed by atoms with E-state index in [4.69, 9.17) is 0 Å². The normalized spacial score (nSPS) is 20.9. The number of aldehydes is 1. The van der Waals surface area contributed by atoms with Crippen molar-refractivity contribution in [2.75, 3.05) is 5.75 Å². The van der Waals surface area contributed by atoms with E-state index in [-0.39, 0.29) is 46.4 Å². The van der Waals surface area contributed by atoms with E-state index in [2.05, 4.69) is 5.32 Å². The first-order valence-electron chi connectivity index (χ1n) is 7.86. The number of thioether (sulfide) groups is 1. The molecule has 0 aromatic heterocycles. The Labute approximate surface area is 191 Å². The Morgan fingerprint density at radius 2 is 1.97 bits per heavy atom. The first-order valence-corrected chi connectivity index (χ1v) is 10.3. The minimum absolute atomic E-state index is 0. The maximum absolute atomic E-state index is 12.3. The molecule has 0 spiro atoms. The molecule has 2 aliphatic heterocycles. The first-order chi connectivity index (χ1) is 13.1. The second-order valence-electron chi connectivity index (χ2n) is 6.01. The Hall–Kier alpha value is -1.70. The first kappa shape index (κ1) is 23.6. The number of carbonyl (C=O) groups excluding carboxylic acids is 3. The van der Waals surface area contributed by atoms with Crippen LogP contribution in [0.15, 0.2) is 40.4 Å². The van der Waals surface area contributed by atoms with Crippen molar-refractivity contribution in [3.63, 3.8) is 0 Å². The molecular weight excluding hydrogens is 435 g/mol. The molecule has 0 radical (unpaired) electrons. The summed E-state index contributed by atoms with van der Waals surface area (Å²) in [6.07, 6.45) is -0.0174. The van der Waals surface area contributed by atoms with Crippen LogP contribution in [0.25, 0.3) is 0 Å². The van der Waals surface area contributed by atoms with Crippen LogP contribution in [0, 0.1) is 0 Å². The summed E-state index contributed by atoms with van der Waals surface area (Å²) in [5.74, 6) is -2.67. The number of aliphatic carboxylic acids is 1. The van der Waals surface area contributed by atoms with Crippen LogP contribution < -0.4 is 5.32 Å². The van der Waals surface area contributed by atoms with Crippen LogP contribution in [-0.2, 0) is 35.7 Å². The van der Waals surface area contributed by atoms with Gasteiger partial charge in [-0.3, -0.25) is 23.8 Å². The van der Waals surface area contributed by atoms with Crippen molar-refractivity contribution in [2.45, 2.75) is 22.7 Å². The van der Waals surface area contributed by atoms with Crippen LogP contribution in [0.4, 0.5) is 0 Å². The van der Waals surface area contributed by atoms with E-state index < -0.39 is 56.3 Å². The van der Waals surface area contributed by atoms with E-state index in [9.17, 15) is 37.3 Å². The molecule has 0 unspecified atom stereocenters. The molecule has 29 heavy (non-hydrogen) atoms. The molecule has 2 amide bonds. The molecule has 1 aromatic carbocycles. The number of hydrogen-bond donors (Lipinski definition) is 3. The van der Waals surface area contributed by atoms with Crippen LogP contribution in [0.5, 0.6) is 0 Å². The molecule has 2 atom stereocenters. The third kappa shape index (κ3) is 4.57. The van der Waals surface area contributed by atoms with Gasteiger partial charge in [-0.25, -0.2) is 4.79 Å². The fourth-order valence-electron chi connectivity index (χ4n) is 3.03. The van der Waals surface area contributed by atoms with Crippen molar-refractivity contribution in [2.24, 2.45) is 0 Å². The number of β-lactam (4-membered cyclic amide) rings is 1. The van der Waals surface area contributed by atoms with Gasteiger partial charge in [-0.1, -0.05) is 18.2 Å². The summed E-state index contributed by atoms with van der Waals surface area (Å²) in [5.41, 5.74) is -0.364. The second kappa shape index (κ2) is 8.98. The molecule has 3 N–H and O–H groups in total. The topological polar surface area (TPSA) is 158 Å². The number of carbonyl (C=O) groups is 4. The van der Waals surface area contributed by atoms with Gasteiger partial charge in [0.2, 0.25) is 5.91 Å². The molecule has 3 rings (SSSR count). The Morgan fingerprint density at radius 3 is 2.55 bits per heavy atom. The van der Waals surface area contributed by atoms with E-state index in [1.807, 2.05) is 0 Å². The fraction of sp³-hybridized carbons (Fsp3) is 0.250. The summed E-state index contributed by atoms with van der Waals surface area (Å²) in [6.45, 7) is 0. The summed E-state index contributed by atoms with van der Waals surface area (Å²) in [7, 11) is -4.52.